The van der Waals surface area contributed by atoms with Gasteiger partial charge in [0.2, 0.25) is 0 Å². The molecule has 1 atom stereocenters. The van der Waals surface area contributed by atoms with E-state index in [0.717, 1.165) is 30.6 Å². The molecule has 0 heterocycles. The van der Waals surface area contributed by atoms with Crippen LogP contribution in [0.5, 0.6) is 0 Å². The Morgan fingerprint density at radius 1 is 1.11 bits per heavy atom. The first-order valence-corrected chi connectivity index (χ1v) is 6.83. The number of nitrogens with zero attached hydrogens (tertiary/aromatic N) is 2. The van der Waals surface area contributed by atoms with Crippen LogP contribution < -0.4 is 5.73 Å². The van der Waals surface area contributed by atoms with Crippen molar-refractivity contribution in [3.8, 4) is 0 Å². The van der Waals surface area contributed by atoms with Gasteiger partial charge in [-0.3, -0.25) is 0 Å². The van der Waals surface area contributed by atoms with Crippen molar-refractivity contribution in [2.75, 3.05) is 40.8 Å². The Labute approximate surface area is 116 Å². The quantitative estimate of drug-likeness (QED) is 0.738. The van der Waals surface area contributed by atoms with Crippen molar-refractivity contribution in [1.29, 1.82) is 0 Å². The molecule has 108 valence electrons. The molecular formula is C15H27N3O. The van der Waals surface area contributed by atoms with Crippen LogP contribution in [-0.2, 0) is 6.54 Å². The Morgan fingerprint density at radius 2 is 1.74 bits per heavy atom. The van der Waals surface area contributed by atoms with Crippen molar-refractivity contribution in [3.63, 3.8) is 0 Å². The third-order valence-corrected chi connectivity index (χ3v) is 3.23. The maximum absolute atomic E-state index is 10.2. The molecule has 0 aliphatic carbocycles. The molecule has 0 bridgehead atoms. The molecule has 1 unspecified atom stereocenters. The zero-order valence-corrected chi connectivity index (χ0v) is 12.3. The molecule has 3 N–H and O–H groups in total. The summed E-state index contributed by atoms with van der Waals surface area (Å²) in [6.45, 7) is 3.28. The maximum Gasteiger partial charge on any atom is 0.0916 e. The predicted molar refractivity (Wildman–Crippen MR) is 80.0 cm³/mol. The Balaban J connectivity index is 2.38. The molecule has 0 amide bonds. The molecule has 0 spiro atoms. The first kappa shape index (κ1) is 16.1. The average molecular weight is 265 g/mol. The highest BCUT2D eigenvalue weighted by atomic mass is 16.3. The van der Waals surface area contributed by atoms with Crippen LogP contribution in [0.1, 0.15) is 23.7 Å². The molecule has 1 aromatic rings. The van der Waals surface area contributed by atoms with E-state index in [4.69, 9.17) is 5.73 Å². The van der Waals surface area contributed by atoms with E-state index in [-0.39, 0.29) is 0 Å². The fourth-order valence-electron chi connectivity index (χ4n) is 2.02. The summed E-state index contributed by atoms with van der Waals surface area (Å²) in [5.74, 6) is 0. The van der Waals surface area contributed by atoms with Crippen LogP contribution in [0.15, 0.2) is 24.3 Å². The van der Waals surface area contributed by atoms with Crippen molar-refractivity contribution < 1.29 is 5.11 Å². The van der Waals surface area contributed by atoms with E-state index >= 15 is 0 Å². The van der Waals surface area contributed by atoms with E-state index in [1.165, 1.54) is 0 Å². The van der Waals surface area contributed by atoms with E-state index in [2.05, 4.69) is 23.9 Å². The van der Waals surface area contributed by atoms with Crippen molar-refractivity contribution >= 4 is 0 Å². The summed E-state index contributed by atoms with van der Waals surface area (Å²) in [5, 5.41) is 10.2. The van der Waals surface area contributed by atoms with Crippen LogP contribution in [0, 0.1) is 0 Å². The largest absolute Gasteiger partial charge is 0.387 e. The lowest BCUT2D eigenvalue weighted by Gasteiger charge is -2.21. The number of benzene rings is 1. The van der Waals surface area contributed by atoms with Crippen molar-refractivity contribution in [2.24, 2.45) is 5.73 Å². The van der Waals surface area contributed by atoms with Crippen LogP contribution in [0.3, 0.4) is 0 Å². The number of aliphatic hydroxyl groups is 1. The number of hydrogen-bond donors (Lipinski definition) is 2. The Bertz CT molecular complexity index is 351. The van der Waals surface area contributed by atoms with Gasteiger partial charge in [-0.2, -0.15) is 0 Å². The summed E-state index contributed by atoms with van der Waals surface area (Å²) in [6, 6.07) is 7.87. The van der Waals surface area contributed by atoms with E-state index in [1.807, 2.05) is 31.3 Å². The zero-order valence-electron chi connectivity index (χ0n) is 12.3. The molecule has 4 heteroatoms. The predicted octanol–water partition coefficient (Wildman–Crippen LogP) is 1.06. The zero-order chi connectivity index (χ0) is 14.3. The molecule has 4 nitrogen and oxygen atoms in total. The first-order valence-electron chi connectivity index (χ1n) is 6.83. The van der Waals surface area contributed by atoms with Gasteiger partial charge < -0.3 is 20.6 Å². The van der Waals surface area contributed by atoms with Gasteiger partial charge in [0.1, 0.15) is 0 Å². The molecule has 19 heavy (non-hydrogen) atoms. The van der Waals surface area contributed by atoms with Crippen molar-refractivity contribution in [2.45, 2.75) is 19.1 Å². The highest BCUT2D eigenvalue weighted by Crippen LogP contribution is 2.14. The number of aliphatic hydroxyl groups excluding tert-OH is 1. The van der Waals surface area contributed by atoms with Gasteiger partial charge >= 0.3 is 0 Å². The van der Waals surface area contributed by atoms with Crippen molar-refractivity contribution in [3.05, 3.63) is 35.4 Å². The minimum atomic E-state index is -0.434. The molecule has 0 aliphatic rings. The summed E-state index contributed by atoms with van der Waals surface area (Å²) in [7, 11) is 6.20. The highest BCUT2D eigenvalue weighted by molar-refractivity contribution is 5.24. The van der Waals surface area contributed by atoms with Crippen molar-refractivity contribution in [1.82, 2.24) is 9.80 Å². The Hall–Kier alpha value is -0.940. The monoisotopic (exact) mass is 265 g/mol. The van der Waals surface area contributed by atoms with Gasteiger partial charge in [-0.15, -0.1) is 0 Å². The van der Waals surface area contributed by atoms with Crippen LogP contribution >= 0.6 is 0 Å². The second kappa shape index (κ2) is 8.27. The molecular weight excluding hydrogens is 238 g/mol. The van der Waals surface area contributed by atoms with Gasteiger partial charge in [-0.25, -0.2) is 0 Å². The number of rotatable bonds is 8. The smallest absolute Gasteiger partial charge is 0.0916 e. The first-order chi connectivity index (χ1) is 9.02. The third kappa shape index (κ3) is 6.16. The minimum Gasteiger partial charge on any atom is -0.387 e. The van der Waals surface area contributed by atoms with Gasteiger partial charge in [0.05, 0.1) is 6.10 Å². The summed E-state index contributed by atoms with van der Waals surface area (Å²) in [5.41, 5.74) is 7.61. The second-order valence-corrected chi connectivity index (χ2v) is 5.38. The molecule has 1 rings (SSSR count). The average Bonchev–Trinajstić information content (AvgIpc) is 2.38. The summed E-state index contributed by atoms with van der Waals surface area (Å²) < 4.78 is 0. The van der Waals surface area contributed by atoms with Gasteiger partial charge in [0, 0.05) is 13.1 Å². The molecule has 0 fully saturated rings. The van der Waals surface area contributed by atoms with Gasteiger partial charge in [-0.05, 0) is 51.8 Å². The third-order valence-electron chi connectivity index (χ3n) is 3.23. The molecule has 0 saturated carbocycles. The SMILES string of the molecule is CN(C)CCCN(C)CC(O)c1ccc(CN)cc1. The normalized spacial score (nSPS) is 13.2. The molecule has 0 saturated heterocycles. The number of likely N-dealkylation sites (N-methyl/N-ethyl adjacent to an activating group) is 1. The number of hydrogen-bond acceptors (Lipinski definition) is 4. The van der Waals surface area contributed by atoms with Crippen LogP contribution in [0.2, 0.25) is 0 Å². The summed E-state index contributed by atoms with van der Waals surface area (Å²) in [6.07, 6.45) is 0.679. The summed E-state index contributed by atoms with van der Waals surface area (Å²) in [4.78, 5) is 4.35. The fourth-order valence-corrected chi connectivity index (χ4v) is 2.02. The molecule has 0 aliphatic heterocycles. The lowest BCUT2D eigenvalue weighted by Crippen LogP contribution is -2.27. The Kier molecular flexibility index (Phi) is 7.02. The van der Waals surface area contributed by atoms with E-state index < -0.39 is 6.10 Å². The maximum atomic E-state index is 10.2. The minimum absolute atomic E-state index is 0.434. The van der Waals surface area contributed by atoms with Crippen LogP contribution in [0.25, 0.3) is 0 Å². The topological polar surface area (TPSA) is 52.7 Å². The van der Waals surface area contributed by atoms with E-state index in [9.17, 15) is 5.11 Å². The highest BCUT2D eigenvalue weighted by Gasteiger charge is 2.10. The fraction of sp³-hybridized carbons (Fsp3) is 0.600. The molecule has 0 radical (unpaired) electrons. The Morgan fingerprint density at radius 3 is 2.26 bits per heavy atom. The lowest BCUT2D eigenvalue weighted by molar-refractivity contribution is 0.125. The van der Waals surface area contributed by atoms with E-state index in [1.54, 1.807) is 0 Å². The summed E-state index contributed by atoms with van der Waals surface area (Å²) >= 11 is 0. The second-order valence-electron chi connectivity index (χ2n) is 5.38. The van der Waals surface area contributed by atoms with Gasteiger partial charge in [0.25, 0.3) is 0 Å². The van der Waals surface area contributed by atoms with Gasteiger partial charge in [-0.1, -0.05) is 24.3 Å². The van der Waals surface area contributed by atoms with E-state index in [0.29, 0.717) is 13.1 Å². The number of nitrogens with two attached hydrogens (primary N) is 1. The standard InChI is InChI=1S/C15H27N3O/c1-17(2)9-4-10-18(3)12-15(19)14-7-5-13(11-16)6-8-14/h5-8,15,19H,4,9-12,16H2,1-3H3. The van der Waals surface area contributed by atoms with Crippen LogP contribution in [-0.4, -0.2) is 55.7 Å². The van der Waals surface area contributed by atoms with Crippen LogP contribution in [0.4, 0.5) is 0 Å². The lowest BCUT2D eigenvalue weighted by atomic mass is 10.1. The molecule has 0 aromatic heterocycles. The molecule has 1 aromatic carbocycles. The van der Waals surface area contributed by atoms with Gasteiger partial charge in [0.15, 0.2) is 0 Å².